The van der Waals surface area contributed by atoms with Crippen molar-refractivity contribution in [1.82, 2.24) is 0 Å². The van der Waals surface area contributed by atoms with E-state index in [9.17, 15) is 4.39 Å². The predicted molar refractivity (Wildman–Crippen MR) is 84.9 cm³/mol. The second kappa shape index (κ2) is 7.95. The van der Waals surface area contributed by atoms with Crippen LogP contribution >= 0.6 is 0 Å². The molecule has 2 N–H and O–H groups in total. The first-order valence-electron chi connectivity index (χ1n) is 8.24. The minimum absolute atomic E-state index is 0.0428. The van der Waals surface area contributed by atoms with Gasteiger partial charge in [-0.2, -0.15) is 0 Å². The molecular weight excluding hydrogens is 266 g/mol. The van der Waals surface area contributed by atoms with E-state index >= 15 is 0 Å². The van der Waals surface area contributed by atoms with Crippen molar-refractivity contribution in [2.45, 2.75) is 58.3 Å². The quantitative estimate of drug-likeness (QED) is 0.791. The lowest BCUT2D eigenvalue weighted by Gasteiger charge is -2.28. The maximum atomic E-state index is 13.7. The van der Waals surface area contributed by atoms with E-state index in [2.05, 4.69) is 6.92 Å². The number of benzene rings is 1. The summed E-state index contributed by atoms with van der Waals surface area (Å²) in [5, 5.41) is 18.0. The fourth-order valence-electron chi connectivity index (χ4n) is 3.52. The molecule has 0 saturated heterocycles. The number of hydrogen-bond donors (Lipinski definition) is 2. The molecule has 0 amide bonds. The minimum Gasteiger partial charge on any atom is -0.423 e. The summed E-state index contributed by atoms with van der Waals surface area (Å²) in [7, 11) is -1.73. The molecule has 116 valence electrons. The molecule has 1 fully saturated rings. The molecule has 0 radical (unpaired) electrons. The van der Waals surface area contributed by atoms with Crippen LogP contribution in [0.2, 0.25) is 0 Å². The van der Waals surface area contributed by atoms with Crippen molar-refractivity contribution in [1.29, 1.82) is 0 Å². The standard InChI is InChI=1S/C17H26BFO2/c1-2-3-13-4-6-14(7-5-13)8-9-15-10-11-16(18(20)21)17(19)12-15/h10-14,20-21H,2-9H2,1H3/t13-,14-. The van der Waals surface area contributed by atoms with E-state index in [1.54, 1.807) is 6.07 Å². The third-order valence-corrected chi connectivity index (χ3v) is 4.85. The van der Waals surface area contributed by atoms with E-state index in [0.29, 0.717) is 0 Å². The molecule has 1 saturated carbocycles. The van der Waals surface area contributed by atoms with Gasteiger partial charge in [-0.1, -0.05) is 57.6 Å². The zero-order chi connectivity index (χ0) is 15.2. The van der Waals surface area contributed by atoms with Crippen LogP contribution in [0, 0.1) is 17.7 Å². The average Bonchev–Trinajstić information content (AvgIpc) is 2.46. The molecule has 2 nitrogen and oxygen atoms in total. The van der Waals surface area contributed by atoms with Gasteiger partial charge in [0.2, 0.25) is 0 Å². The molecule has 21 heavy (non-hydrogen) atoms. The molecule has 1 aliphatic carbocycles. The lowest BCUT2D eigenvalue weighted by molar-refractivity contribution is 0.252. The summed E-state index contributed by atoms with van der Waals surface area (Å²) in [5.41, 5.74) is 0.909. The largest absolute Gasteiger partial charge is 0.491 e. The Kier molecular flexibility index (Phi) is 6.25. The molecule has 0 spiro atoms. The maximum Gasteiger partial charge on any atom is 0.491 e. The van der Waals surface area contributed by atoms with Crippen molar-refractivity contribution in [3.05, 3.63) is 29.6 Å². The SMILES string of the molecule is CCC[C@H]1CC[C@H](CCc2ccc(B(O)O)c(F)c2)CC1. The number of halogens is 1. The lowest BCUT2D eigenvalue weighted by atomic mass is 9.77. The molecular formula is C17H26BFO2. The van der Waals surface area contributed by atoms with Crippen LogP contribution in [0.3, 0.4) is 0 Å². The van der Waals surface area contributed by atoms with Crippen LogP contribution in [0.25, 0.3) is 0 Å². The van der Waals surface area contributed by atoms with Crippen LogP contribution in [-0.2, 0) is 6.42 Å². The predicted octanol–water partition coefficient (Wildman–Crippen LogP) is 3.04. The summed E-state index contributed by atoms with van der Waals surface area (Å²) < 4.78 is 13.7. The molecule has 0 unspecified atom stereocenters. The summed E-state index contributed by atoms with van der Waals surface area (Å²) in [6.07, 6.45) is 9.95. The average molecular weight is 292 g/mol. The van der Waals surface area contributed by atoms with Crippen molar-refractivity contribution in [2.24, 2.45) is 11.8 Å². The maximum absolute atomic E-state index is 13.7. The van der Waals surface area contributed by atoms with Gasteiger partial charge in [0.1, 0.15) is 5.82 Å². The Labute approximate surface area is 127 Å². The van der Waals surface area contributed by atoms with Crippen LogP contribution < -0.4 is 5.46 Å². The Hall–Kier alpha value is -0.865. The molecule has 0 atom stereocenters. The highest BCUT2D eigenvalue weighted by Crippen LogP contribution is 2.33. The van der Waals surface area contributed by atoms with E-state index in [-0.39, 0.29) is 5.46 Å². The monoisotopic (exact) mass is 292 g/mol. The Bertz CT molecular complexity index is 442. The Morgan fingerprint density at radius 2 is 1.71 bits per heavy atom. The van der Waals surface area contributed by atoms with E-state index in [0.717, 1.165) is 30.2 Å². The van der Waals surface area contributed by atoms with Crippen molar-refractivity contribution in [3.8, 4) is 0 Å². The Balaban J connectivity index is 1.80. The van der Waals surface area contributed by atoms with Gasteiger partial charge in [0.15, 0.2) is 0 Å². The van der Waals surface area contributed by atoms with Crippen molar-refractivity contribution >= 4 is 12.6 Å². The topological polar surface area (TPSA) is 40.5 Å². The lowest BCUT2D eigenvalue weighted by Crippen LogP contribution is -2.32. The number of rotatable bonds is 6. The van der Waals surface area contributed by atoms with Gasteiger partial charge in [0.05, 0.1) is 0 Å². The fraction of sp³-hybridized carbons (Fsp3) is 0.647. The Morgan fingerprint density at radius 1 is 1.10 bits per heavy atom. The normalized spacial score (nSPS) is 22.3. The van der Waals surface area contributed by atoms with Crippen LogP contribution in [0.4, 0.5) is 4.39 Å². The first kappa shape index (κ1) is 16.5. The van der Waals surface area contributed by atoms with Gasteiger partial charge in [0.25, 0.3) is 0 Å². The molecule has 1 aliphatic rings. The van der Waals surface area contributed by atoms with Gasteiger partial charge < -0.3 is 10.0 Å². The summed E-state index contributed by atoms with van der Waals surface area (Å²) in [6, 6.07) is 4.73. The molecule has 1 aromatic carbocycles. The highest BCUT2D eigenvalue weighted by atomic mass is 19.1. The van der Waals surface area contributed by atoms with E-state index < -0.39 is 12.9 Å². The van der Waals surface area contributed by atoms with Crippen LogP contribution in [0.1, 0.15) is 57.4 Å². The second-order valence-corrected chi connectivity index (χ2v) is 6.44. The third-order valence-electron chi connectivity index (χ3n) is 4.85. The van der Waals surface area contributed by atoms with Crippen molar-refractivity contribution < 1.29 is 14.4 Å². The van der Waals surface area contributed by atoms with E-state index in [1.807, 2.05) is 0 Å². The van der Waals surface area contributed by atoms with Gasteiger partial charge in [-0.05, 0) is 36.3 Å². The van der Waals surface area contributed by atoms with Crippen LogP contribution in [0.5, 0.6) is 0 Å². The highest BCUT2D eigenvalue weighted by Gasteiger charge is 2.21. The first-order valence-corrected chi connectivity index (χ1v) is 8.24. The fourth-order valence-corrected chi connectivity index (χ4v) is 3.52. The summed E-state index contributed by atoms with van der Waals surface area (Å²) in [5.74, 6) is 1.17. The molecule has 0 bridgehead atoms. The highest BCUT2D eigenvalue weighted by molar-refractivity contribution is 6.58. The molecule has 0 aliphatic heterocycles. The zero-order valence-electron chi connectivity index (χ0n) is 12.9. The smallest absolute Gasteiger partial charge is 0.423 e. The number of hydrogen-bond acceptors (Lipinski definition) is 2. The Morgan fingerprint density at radius 3 is 2.24 bits per heavy atom. The van der Waals surface area contributed by atoms with Crippen LogP contribution in [-0.4, -0.2) is 17.2 Å². The van der Waals surface area contributed by atoms with Crippen molar-refractivity contribution in [3.63, 3.8) is 0 Å². The number of aryl methyl sites for hydroxylation is 1. The molecule has 0 aromatic heterocycles. The van der Waals surface area contributed by atoms with Crippen molar-refractivity contribution in [2.75, 3.05) is 0 Å². The van der Waals surface area contributed by atoms with Crippen LogP contribution in [0.15, 0.2) is 18.2 Å². The molecule has 4 heteroatoms. The van der Waals surface area contributed by atoms with Gasteiger partial charge in [-0.25, -0.2) is 4.39 Å². The van der Waals surface area contributed by atoms with E-state index in [1.165, 1.54) is 50.7 Å². The minimum atomic E-state index is -1.73. The van der Waals surface area contributed by atoms with Gasteiger partial charge in [-0.3, -0.25) is 0 Å². The molecule has 2 rings (SSSR count). The third kappa shape index (κ3) is 4.82. The van der Waals surface area contributed by atoms with Gasteiger partial charge >= 0.3 is 7.12 Å². The summed E-state index contributed by atoms with van der Waals surface area (Å²) in [6.45, 7) is 2.26. The zero-order valence-corrected chi connectivity index (χ0v) is 12.9. The van der Waals surface area contributed by atoms with E-state index in [4.69, 9.17) is 10.0 Å². The summed E-state index contributed by atoms with van der Waals surface area (Å²) >= 11 is 0. The van der Waals surface area contributed by atoms with Gasteiger partial charge in [-0.15, -0.1) is 0 Å². The molecule has 0 heterocycles. The van der Waals surface area contributed by atoms with Gasteiger partial charge in [0, 0.05) is 5.46 Å². The summed E-state index contributed by atoms with van der Waals surface area (Å²) in [4.78, 5) is 0. The first-order chi connectivity index (χ1) is 10.1. The second-order valence-electron chi connectivity index (χ2n) is 6.44. The molecule has 1 aromatic rings.